The molecule has 0 nitrogen and oxygen atoms in total. The van der Waals surface area contributed by atoms with Crippen LogP contribution in [0.5, 0.6) is 0 Å². The normalized spacial score (nSPS) is 10.3. The summed E-state index contributed by atoms with van der Waals surface area (Å²) >= 11 is 8.39. The van der Waals surface area contributed by atoms with Crippen LogP contribution in [0, 0.1) is 16.3 Å². The van der Waals surface area contributed by atoms with Gasteiger partial charge in [-0.05, 0) is 73.0 Å². The second-order valence-electron chi connectivity index (χ2n) is 2.12. The summed E-state index contributed by atoms with van der Waals surface area (Å²) < 4.78 is 15.0. The minimum atomic E-state index is -0.205. The van der Waals surface area contributed by atoms with Crippen molar-refractivity contribution < 1.29 is 4.39 Å². The van der Waals surface area contributed by atoms with E-state index < -0.39 is 0 Å². The smallest absolute Gasteiger partial charge is 0.151 e. The van der Waals surface area contributed by atoms with Crippen LogP contribution < -0.4 is 0 Å². The summed E-state index contributed by atoms with van der Waals surface area (Å²) in [6.45, 7) is 1.93. The van der Waals surface area contributed by atoms with Gasteiger partial charge < -0.3 is 0 Å². The number of hydrogen-bond acceptors (Lipinski definition) is 0. The first kappa shape index (κ1) is 9.92. The Balaban J connectivity index is 3.46. The van der Waals surface area contributed by atoms with E-state index in [-0.39, 0.29) is 5.82 Å². The summed E-state index contributed by atoms with van der Waals surface area (Å²) in [5.74, 6) is -0.205. The number of halogens is 4. The van der Waals surface area contributed by atoms with Crippen molar-refractivity contribution in [3.63, 3.8) is 0 Å². The van der Waals surface area contributed by atoms with Crippen molar-refractivity contribution in [3.8, 4) is 0 Å². The highest BCUT2D eigenvalue weighted by molar-refractivity contribution is 14.1. The molecule has 0 aliphatic heterocycles. The molecule has 0 spiro atoms. The molecule has 0 unspecified atom stereocenters. The van der Waals surface area contributed by atoms with Crippen LogP contribution in [0.4, 0.5) is 4.39 Å². The molecule has 0 saturated heterocycles. The molecule has 0 aromatic heterocycles. The lowest BCUT2D eigenvalue weighted by Gasteiger charge is -2.03. The zero-order valence-electron chi connectivity index (χ0n) is 5.59. The van der Waals surface area contributed by atoms with Crippen LogP contribution in [0.15, 0.2) is 15.0 Å². The lowest BCUT2D eigenvalue weighted by Crippen LogP contribution is -1.88. The SMILES string of the molecule is Cc1cc(I)c(F)c(Br)c1Br. The van der Waals surface area contributed by atoms with E-state index in [0.29, 0.717) is 8.04 Å². The largest absolute Gasteiger partial charge is 0.205 e. The fraction of sp³-hybridized carbons (Fsp3) is 0.143. The molecule has 1 aromatic carbocycles. The van der Waals surface area contributed by atoms with Gasteiger partial charge in [0.2, 0.25) is 0 Å². The van der Waals surface area contributed by atoms with Gasteiger partial charge in [0.05, 0.1) is 8.04 Å². The highest BCUT2D eigenvalue weighted by Gasteiger charge is 2.09. The molecule has 4 heteroatoms. The number of hydrogen-bond donors (Lipinski definition) is 0. The standard InChI is InChI=1S/C7H4Br2FI/c1-3-2-4(11)7(10)6(9)5(3)8/h2H,1H3. The molecule has 0 aliphatic rings. The average Bonchev–Trinajstić information content (AvgIpc) is 1.97. The zero-order chi connectivity index (χ0) is 8.59. The summed E-state index contributed by atoms with van der Waals surface area (Å²) in [6, 6.07) is 1.80. The molecule has 0 N–H and O–H groups in total. The van der Waals surface area contributed by atoms with Gasteiger partial charge in [-0.25, -0.2) is 4.39 Å². The zero-order valence-corrected chi connectivity index (χ0v) is 10.9. The van der Waals surface area contributed by atoms with Crippen molar-refractivity contribution >= 4 is 54.5 Å². The van der Waals surface area contributed by atoms with Crippen LogP contribution in [0.25, 0.3) is 0 Å². The van der Waals surface area contributed by atoms with E-state index in [1.165, 1.54) is 0 Å². The van der Waals surface area contributed by atoms with Crippen molar-refractivity contribution in [2.45, 2.75) is 6.92 Å². The molecule has 0 saturated carbocycles. The fourth-order valence-corrected chi connectivity index (χ4v) is 2.61. The highest BCUT2D eigenvalue weighted by atomic mass is 127. The van der Waals surface area contributed by atoms with Crippen LogP contribution in [0.3, 0.4) is 0 Å². The second kappa shape index (κ2) is 3.70. The Kier molecular flexibility index (Phi) is 3.34. The predicted octanol–water partition coefficient (Wildman–Crippen LogP) is 4.26. The molecule has 0 atom stereocenters. The summed E-state index contributed by atoms with van der Waals surface area (Å²) in [4.78, 5) is 0. The molecule has 0 heterocycles. The topological polar surface area (TPSA) is 0 Å². The molecule has 0 aliphatic carbocycles. The van der Waals surface area contributed by atoms with Gasteiger partial charge in [-0.15, -0.1) is 0 Å². The van der Waals surface area contributed by atoms with E-state index in [9.17, 15) is 4.39 Å². The maximum Gasteiger partial charge on any atom is 0.151 e. The lowest BCUT2D eigenvalue weighted by molar-refractivity contribution is 0.612. The molecule has 60 valence electrons. The Hall–Kier alpha value is 0.840. The van der Waals surface area contributed by atoms with Gasteiger partial charge in [0.1, 0.15) is 0 Å². The van der Waals surface area contributed by atoms with Gasteiger partial charge in [-0.3, -0.25) is 0 Å². The van der Waals surface area contributed by atoms with Gasteiger partial charge in [-0.2, -0.15) is 0 Å². The minimum absolute atomic E-state index is 0.205. The van der Waals surface area contributed by atoms with Crippen molar-refractivity contribution in [2.75, 3.05) is 0 Å². The molecule has 11 heavy (non-hydrogen) atoms. The van der Waals surface area contributed by atoms with E-state index in [1.54, 1.807) is 6.07 Å². The first-order valence-corrected chi connectivity index (χ1v) is 5.50. The average molecular weight is 394 g/mol. The summed E-state index contributed by atoms with van der Waals surface area (Å²) in [7, 11) is 0. The van der Waals surface area contributed by atoms with Gasteiger partial charge >= 0.3 is 0 Å². The van der Waals surface area contributed by atoms with E-state index >= 15 is 0 Å². The van der Waals surface area contributed by atoms with Crippen molar-refractivity contribution in [2.24, 2.45) is 0 Å². The van der Waals surface area contributed by atoms with Crippen molar-refractivity contribution in [1.29, 1.82) is 0 Å². The number of aryl methyl sites for hydroxylation is 1. The molecule has 0 fully saturated rings. The summed E-state index contributed by atoms with van der Waals surface area (Å²) in [6.07, 6.45) is 0. The van der Waals surface area contributed by atoms with E-state index in [2.05, 4.69) is 31.9 Å². The molecule has 0 amide bonds. The van der Waals surface area contributed by atoms with E-state index in [4.69, 9.17) is 0 Å². The van der Waals surface area contributed by atoms with Gasteiger partial charge in [0.15, 0.2) is 5.82 Å². The first-order chi connectivity index (χ1) is 5.04. The second-order valence-corrected chi connectivity index (χ2v) is 4.87. The Bertz CT molecular complexity index is 273. The van der Waals surface area contributed by atoms with Crippen molar-refractivity contribution in [1.82, 2.24) is 0 Å². The van der Waals surface area contributed by atoms with E-state index in [0.717, 1.165) is 10.0 Å². The van der Waals surface area contributed by atoms with E-state index in [1.807, 2.05) is 29.5 Å². The Morgan fingerprint density at radius 2 is 1.91 bits per heavy atom. The van der Waals surface area contributed by atoms with Crippen LogP contribution in [0.2, 0.25) is 0 Å². The molecular formula is C7H4Br2FI. The molecule has 0 radical (unpaired) electrons. The third-order valence-corrected chi connectivity index (χ3v) is 4.37. The maximum absolute atomic E-state index is 13.1. The lowest BCUT2D eigenvalue weighted by atomic mass is 10.2. The minimum Gasteiger partial charge on any atom is -0.205 e. The van der Waals surface area contributed by atoms with Crippen LogP contribution >= 0.6 is 54.5 Å². The summed E-state index contributed by atoms with van der Waals surface area (Å²) in [5, 5.41) is 0. The molecule has 1 rings (SSSR count). The molecular weight excluding hydrogens is 390 g/mol. The Labute approximate surface area is 95.0 Å². The third kappa shape index (κ3) is 1.95. The van der Waals surface area contributed by atoms with Crippen LogP contribution in [0.1, 0.15) is 5.56 Å². The van der Waals surface area contributed by atoms with Gasteiger partial charge in [-0.1, -0.05) is 0 Å². The first-order valence-electron chi connectivity index (χ1n) is 2.83. The third-order valence-electron chi connectivity index (χ3n) is 1.28. The molecule has 1 aromatic rings. The summed E-state index contributed by atoms with van der Waals surface area (Å²) in [5.41, 5.74) is 1.03. The number of rotatable bonds is 0. The van der Waals surface area contributed by atoms with Crippen LogP contribution in [-0.4, -0.2) is 0 Å². The maximum atomic E-state index is 13.1. The van der Waals surface area contributed by atoms with Crippen LogP contribution in [-0.2, 0) is 0 Å². The monoisotopic (exact) mass is 392 g/mol. The fourth-order valence-electron chi connectivity index (χ4n) is 0.691. The Morgan fingerprint density at radius 3 is 2.45 bits per heavy atom. The Morgan fingerprint density at radius 1 is 1.36 bits per heavy atom. The molecule has 0 bridgehead atoms. The highest BCUT2D eigenvalue weighted by Crippen LogP contribution is 2.31. The predicted molar refractivity (Wildman–Crippen MR) is 59.3 cm³/mol. The van der Waals surface area contributed by atoms with Gasteiger partial charge in [0, 0.05) is 4.47 Å². The van der Waals surface area contributed by atoms with Gasteiger partial charge in [0.25, 0.3) is 0 Å². The van der Waals surface area contributed by atoms with Crippen molar-refractivity contribution in [3.05, 3.63) is 30.0 Å². The number of benzene rings is 1. The quantitative estimate of drug-likeness (QED) is 0.351.